The van der Waals surface area contributed by atoms with Crippen LogP contribution in [-0.2, 0) is 6.54 Å². The van der Waals surface area contributed by atoms with E-state index in [-0.39, 0.29) is 28.6 Å². The van der Waals surface area contributed by atoms with Crippen LogP contribution in [-0.4, -0.2) is 19.9 Å². The summed E-state index contributed by atoms with van der Waals surface area (Å²) >= 11 is 6.04. The Hall–Kier alpha value is -3.78. The summed E-state index contributed by atoms with van der Waals surface area (Å²) in [7, 11) is 0. The van der Waals surface area contributed by atoms with Crippen molar-refractivity contribution >= 4 is 28.2 Å². The summed E-state index contributed by atoms with van der Waals surface area (Å²) in [6, 6.07) is 18.1. The summed E-state index contributed by atoms with van der Waals surface area (Å²) in [6.45, 7) is 0.225. The maximum absolute atomic E-state index is 12.5. The zero-order valence-corrected chi connectivity index (χ0v) is 15.6. The SMILES string of the molecule is O=c1c2ccccc2nnn1Cc1ccc(Oc2c(Cl)cccc2[N+](=O)[O-])cc1. The number of rotatable bonds is 5. The van der Waals surface area contributed by atoms with Crippen molar-refractivity contribution in [2.24, 2.45) is 0 Å². The van der Waals surface area contributed by atoms with Gasteiger partial charge in [-0.25, -0.2) is 4.68 Å². The van der Waals surface area contributed by atoms with Crippen molar-refractivity contribution in [3.8, 4) is 11.5 Å². The Kier molecular flexibility index (Phi) is 4.92. The van der Waals surface area contributed by atoms with E-state index < -0.39 is 4.92 Å². The lowest BCUT2D eigenvalue weighted by molar-refractivity contribution is -0.385. The van der Waals surface area contributed by atoms with E-state index >= 15 is 0 Å². The van der Waals surface area contributed by atoms with Gasteiger partial charge in [0.05, 0.1) is 21.9 Å². The molecule has 0 fully saturated rings. The van der Waals surface area contributed by atoms with Gasteiger partial charge in [-0.3, -0.25) is 14.9 Å². The van der Waals surface area contributed by atoms with Gasteiger partial charge in [0.1, 0.15) is 11.3 Å². The number of para-hydroxylation sites is 1. The lowest BCUT2D eigenvalue weighted by atomic mass is 10.2. The third-order valence-corrected chi connectivity index (χ3v) is 4.55. The molecule has 8 nitrogen and oxygen atoms in total. The third kappa shape index (κ3) is 3.78. The molecule has 1 heterocycles. The fraction of sp³-hybridized carbons (Fsp3) is 0.0500. The van der Waals surface area contributed by atoms with E-state index in [4.69, 9.17) is 16.3 Å². The Balaban J connectivity index is 1.58. The van der Waals surface area contributed by atoms with Crippen LogP contribution in [0.1, 0.15) is 5.56 Å². The van der Waals surface area contributed by atoms with E-state index in [0.29, 0.717) is 16.7 Å². The summed E-state index contributed by atoms with van der Waals surface area (Å²) in [4.78, 5) is 23.2. The number of hydrogen-bond acceptors (Lipinski definition) is 6. The Labute approximate surface area is 169 Å². The summed E-state index contributed by atoms with van der Waals surface area (Å²) in [5, 5.41) is 19.8. The number of benzene rings is 3. The number of aromatic nitrogens is 3. The van der Waals surface area contributed by atoms with Gasteiger partial charge in [-0.05, 0) is 35.9 Å². The predicted molar refractivity (Wildman–Crippen MR) is 108 cm³/mol. The second-order valence-electron chi connectivity index (χ2n) is 6.16. The first-order valence-electron chi connectivity index (χ1n) is 8.55. The highest BCUT2D eigenvalue weighted by atomic mass is 35.5. The highest BCUT2D eigenvalue weighted by molar-refractivity contribution is 6.32. The molecule has 0 aliphatic rings. The van der Waals surface area contributed by atoms with E-state index in [1.165, 1.54) is 22.9 Å². The molecule has 3 aromatic carbocycles. The molecule has 0 radical (unpaired) electrons. The second-order valence-corrected chi connectivity index (χ2v) is 6.57. The van der Waals surface area contributed by atoms with Crippen LogP contribution >= 0.6 is 11.6 Å². The number of halogens is 1. The Morgan fingerprint density at radius 2 is 1.79 bits per heavy atom. The molecule has 29 heavy (non-hydrogen) atoms. The minimum absolute atomic E-state index is 0.0245. The largest absolute Gasteiger partial charge is 0.449 e. The van der Waals surface area contributed by atoms with Crippen LogP contribution < -0.4 is 10.3 Å². The number of fused-ring (bicyclic) bond motifs is 1. The van der Waals surface area contributed by atoms with Crippen molar-refractivity contribution in [3.63, 3.8) is 0 Å². The lowest BCUT2D eigenvalue weighted by Gasteiger charge is -2.09. The summed E-state index contributed by atoms with van der Waals surface area (Å²) in [5.41, 5.74) is 0.874. The zero-order valence-electron chi connectivity index (χ0n) is 14.9. The van der Waals surface area contributed by atoms with Crippen molar-refractivity contribution in [2.45, 2.75) is 6.54 Å². The smallest absolute Gasteiger partial charge is 0.313 e. The molecule has 0 N–H and O–H groups in total. The first-order chi connectivity index (χ1) is 14.0. The van der Waals surface area contributed by atoms with Crippen LogP contribution in [0, 0.1) is 10.1 Å². The first kappa shape index (κ1) is 18.6. The number of nitro groups is 1. The van der Waals surface area contributed by atoms with Gasteiger partial charge in [-0.1, -0.05) is 47.1 Å². The zero-order chi connectivity index (χ0) is 20.4. The highest BCUT2D eigenvalue weighted by Gasteiger charge is 2.19. The minimum atomic E-state index is -0.555. The van der Waals surface area contributed by atoms with Crippen LogP contribution in [0.15, 0.2) is 71.5 Å². The number of hydrogen-bond donors (Lipinski definition) is 0. The molecule has 0 saturated heterocycles. The van der Waals surface area contributed by atoms with Gasteiger partial charge in [0.25, 0.3) is 5.56 Å². The molecule has 0 atom stereocenters. The summed E-state index contributed by atoms with van der Waals surface area (Å²) < 4.78 is 6.89. The standard InChI is InChI=1S/C20H13ClN4O4/c21-16-5-3-7-18(25(27)28)19(16)29-14-10-8-13(9-11-14)12-24-20(26)15-4-1-2-6-17(15)22-23-24/h1-11H,12H2. The Bertz CT molecular complexity index is 1270. The maximum Gasteiger partial charge on any atom is 0.313 e. The molecule has 0 unspecified atom stereocenters. The van der Waals surface area contributed by atoms with Crippen LogP contribution in [0.2, 0.25) is 5.02 Å². The quantitative estimate of drug-likeness (QED) is 0.362. The van der Waals surface area contributed by atoms with E-state index in [2.05, 4.69) is 10.3 Å². The lowest BCUT2D eigenvalue weighted by Crippen LogP contribution is -2.24. The fourth-order valence-corrected chi connectivity index (χ4v) is 3.03. The van der Waals surface area contributed by atoms with Crippen molar-refractivity contribution in [1.29, 1.82) is 0 Å². The average Bonchev–Trinajstić information content (AvgIpc) is 2.73. The van der Waals surface area contributed by atoms with Crippen LogP contribution in [0.25, 0.3) is 10.9 Å². The molecule has 144 valence electrons. The van der Waals surface area contributed by atoms with Crippen molar-refractivity contribution < 1.29 is 9.66 Å². The molecule has 0 spiro atoms. The fourth-order valence-electron chi connectivity index (χ4n) is 2.82. The van der Waals surface area contributed by atoms with Gasteiger partial charge in [0, 0.05) is 6.07 Å². The monoisotopic (exact) mass is 408 g/mol. The van der Waals surface area contributed by atoms with Gasteiger partial charge in [0.15, 0.2) is 0 Å². The molecule has 4 rings (SSSR count). The number of nitrogens with zero attached hydrogens (tertiary/aromatic N) is 4. The molecule has 0 aliphatic carbocycles. The van der Waals surface area contributed by atoms with Crippen molar-refractivity contribution in [1.82, 2.24) is 15.0 Å². The summed E-state index contributed by atoms with van der Waals surface area (Å²) in [5.74, 6) is 0.352. The molecule has 0 saturated carbocycles. The van der Waals surface area contributed by atoms with E-state index in [9.17, 15) is 14.9 Å². The van der Waals surface area contributed by atoms with Crippen LogP contribution in [0.4, 0.5) is 5.69 Å². The van der Waals surface area contributed by atoms with Crippen molar-refractivity contribution in [2.75, 3.05) is 0 Å². The molecule has 0 bridgehead atoms. The minimum Gasteiger partial charge on any atom is -0.449 e. The molecular formula is C20H13ClN4O4. The molecular weight excluding hydrogens is 396 g/mol. The van der Waals surface area contributed by atoms with Gasteiger partial charge < -0.3 is 4.74 Å². The molecule has 1 aromatic heterocycles. The van der Waals surface area contributed by atoms with Gasteiger partial charge >= 0.3 is 5.69 Å². The maximum atomic E-state index is 12.5. The van der Waals surface area contributed by atoms with Gasteiger partial charge in [-0.2, -0.15) is 0 Å². The third-order valence-electron chi connectivity index (χ3n) is 4.25. The highest BCUT2D eigenvalue weighted by Crippen LogP contribution is 2.37. The van der Waals surface area contributed by atoms with Gasteiger partial charge in [-0.15, -0.1) is 5.10 Å². The number of ether oxygens (including phenoxy) is 1. The normalized spacial score (nSPS) is 10.8. The Morgan fingerprint density at radius 3 is 2.55 bits per heavy atom. The van der Waals surface area contributed by atoms with E-state index in [1.54, 1.807) is 48.5 Å². The second kappa shape index (κ2) is 7.69. The molecule has 0 aliphatic heterocycles. The van der Waals surface area contributed by atoms with Gasteiger partial charge in [0.2, 0.25) is 5.75 Å². The van der Waals surface area contributed by atoms with E-state index in [0.717, 1.165) is 5.56 Å². The van der Waals surface area contributed by atoms with Crippen LogP contribution in [0.3, 0.4) is 0 Å². The molecule has 9 heteroatoms. The number of nitro benzene ring substituents is 1. The summed E-state index contributed by atoms with van der Waals surface area (Å²) in [6.07, 6.45) is 0. The average molecular weight is 409 g/mol. The first-order valence-corrected chi connectivity index (χ1v) is 8.93. The van der Waals surface area contributed by atoms with Crippen LogP contribution in [0.5, 0.6) is 11.5 Å². The topological polar surface area (TPSA) is 100 Å². The van der Waals surface area contributed by atoms with E-state index in [1.807, 2.05) is 0 Å². The van der Waals surface area contributed by atoms with Crippen molar-refractivity contribution in [3.05, 3.63) is 97.8 Å². The molecule has 0 amide bonds. The molecule has 4 aromatic rings. The predicted octanol–water partition coefficient (Wildman–Crippen LogP) is 4.19. The Morgan fingerprint density at radius 1 is 1.03 bits per heavy atom.